The Labute approximate surface area is 170 Å². The summed E-state index contributed by atoms with van der Waals surface area (Å²) in [5.74, 6) is 1.63. The van der Waals surface area contributed by atoms with Gasteiger partial charge in [-0.2, -0.15) is 19.3 Å². The zero-order valence-corrected chi connectivity index (χ0v) is 17.4. The SMILES string of the molecule is C.CC1CCN([C-]=O)C1.CC1CCNC1.[CH-]1CCCCC1.[NH2-].[Y+3]. The second-order valence-electron chi connectivity index (χ2n) is 6.46. The predicted molar refractivity (Wildman–Crippen MR) is 97.1 cm³/mol. The minimum atomic E-state index is 0. The maximum Gasteiger partial charge on any atom is 3.00 e. The van der Waals surface area contributed by atoms with Crippen molar-refractivity contribution in [3.05, 3.63) is 12.6 Å². The minimum absolute atomic E-state index is 0. The number of nitrogens with two attached hydrogens (primary N) is 1. The van der Waals surface area contributed by atoms with E-state index in [1.165, 1.54) is 51.6 Å². The minimum Gasteiger partial charge on any atom is -0.693 e. The van der Waals surface area contributed by atoms with Crippen molar-refractivity contribution in [1.29, 1.82) is 0 Å². The maximum absolute atomic E-state index is 9.95. The quantitative estimate of drug-likeness (QED) is 0.657. The van der Waals surface area contributed by atoms with E-state index in [0.29, 0.717) is 5.92 Å². The summed E-state index contributed by atoms with van der Waals surface area (Å²) in [5, 5.41) is 3.27. The molecule has 1 amide bonds. The first-order valence-electron chi connectivity index (χ1n) is 8.37. The van der Waals surface area contributed by atoms with E-state index in [4.69, 9.17) is 0 Å². The Morgan fingerprint density at radius 3 is 1.91 bits per heavy atom. The van der Waals surface area contributed by atoms with Gasteiger partial charge in [-0.05, 0) is 50.9 Å². The van der Waals surface area contributed by atoms with Crippen LogP contribution in [0.5, 0.6) is 0 Å². The van der Waals surface area contributed by atoms with Crippen LogP contribution in [0, 0.1) is 18.3 Å². The first kappa shape index (κ1) is 28.3. The summed E-state index contributed by atoms with van der Waals surface area (Å²) in [5.41, 5.74) is 0. The molecule has 2 heterocycles. The second-order valence-corrected chi connectivity index (χ2v) is 6.46. The first-order valence-corrected chi connectivity index (χ1v) is 8.37. The van der Waals surface area contributed by atoms with Gasteiger partial charge in [0.25, 0.3) is 0 Å². The van der Waals surface area contributed by atoms with Gasteiger partial charge in [-0.15, -0.1) is 0 Å². The smallest absolute Gasteiger partial charge is 0.693 e. The van der Waals surface area contributed by atoms with Crippen molar-refractivity contribution in [1.82, 2.24) is 10.2 Å². The molecule has 23 heavy (non-hydrogen) atoms. The molecule has 2 aliphatic heterocycles. The fourth-order valence-corrected chi connectivity index (χ4v) is 2.72. The molecule has 4 nitrogen and oxygen atoms in total. The Bertz CT molecular complexity index is 233. The van der Waals surface area contributed by atoms with Crippen LogP contribution in [0.3, 0.4) is 0 Å². The van der Waals surface area contributed by atoms with Crippen molar-refractivity contribution in [2.45, 2.75) is 66.2 Å². The van der Waals surface area contributed by atoms with Gasteiger partial charge in [0.1, 0.15) is 0 Å². The molecular weight excluding hydrogens is 363 g/mol. The summed E-state index contributed by atoms with van der Waals surface area (Å²) in [4.78, 5) is 11.7. The van der Waals surface area contributed by atoms with Gasteiger partial charge < -0.3 is 27.6 Å². The molecule has 2 saturated heterocycles. The van der Waals surface area contributed by atoms with Gasteiger partial charge in [0.05, 0.1) is 0 Å². The van der Waals surface area contributed by atoms with E-state index in [1.54, 1.807) is 4.90 Å². The zero-order chi connectivity index (χ0) is 14.6. The number of carbonyl (C=O) groups excluding carboxylic acids is 1. The molecule has 1 saturated carbocycles. The number of amides is 1. The third-order valence-corrected chi connectivity index (χ3v) is 4.18. The van der Waals surface area contributed by atoms with Crippen LogP contribution < -0.4 is 5.32 Å². The average Bonchev–Trinajstić information content (AvgIpc) is 3.13. The van der Waals surface area contributed by atoms with Crippen LogP contribution in [0.4, 0.5) is 0 Å². The largest absolute Gasteiger partial charge is 3.00 e. The van der Waals surface area contributed by atoms with Gasteiger partial charge in [-0.25, -0.2) is 0 Å². The van der Waals surface area contributed by atoms with Gasteiger partial charge in [-0.1, -0.05) is 40.5 Å². The van der Waals surface area contributed by atoms with Crippen LogP contribution in [-0.4, -0.2) is 37.5 Å². The van der Waals surface area contributed by atoms with E-state index in [2.05, 4.69) is 25.6 Å². The molecule has 3 rings (SSSR count). The third kappa shape index (κ3) is 15.7. The number of hydrogen-bond acceptors (Lipinski definition) is 2. The number of hydrogen-bond donors (Lipinski definition) is 1. The Hall–Kier alpha value is 0.494. The monoisotopic (exact) mass is 401 g/mol. The van der Waals surface area contributed by atoms with Crippen LogP contribution in [-0.2, 0) is 37.5 Å². The van der Waals surface area contributed by atoms with Crippen molar-refractivity contribution in [3.63, 3.8) is 0 Å². The molecule has 5 heteroatoms. The normalized spacial score (nSPS) is 25.2. The van der Waals surface area contributed by atoms with Crippen LogP contribution in [0.15, 0.2) is 0 Å². The van der Waals surface area contributed by atoms with E-state index in [9.17, 15) is 4.79 Å². The van der Waals surface area contributed by atoms with E-state index < -0.39 is 0 Å². The van der Waals surface area contributed by atoms with Gasteiger partial charge in [0.2, 0.25) is 0 Å². The molecule has 0 bridgehead atoms. The Morgan fingerprint density at radius 2 is 1.74 bits per heavy atom. The number of nitrogens with zero attached hydrogens (tertiary/aromatic N) is 1. The molecule has 3 aliphatic rings. The Kier molecular flexibility index (Phi) is 23.2. The number of likely N-dealkylation sites (tertiary alicyclic amines) is 1. The summed E-state index contributed by atoms with van der Waals surface area (Å²) in [7, 11) is 0. The van der Waals surface area contributed by atoms with Crippen LogP contribution in [0.1, 0.15) is 66.2 Å². The molecule has 0 spiro atoms. The van der Waals surface area contributed by atoms with Crippen LogP contribution in [0.25, 0.3) is 6.15 Å². The molecule has 0 radical (unpaired) electrons. The Balaban J connectivity index is -0.000000248. The van der Waals surface area contributed by atoms with Gasteiger partial charge in [0, 0.05) is 0 Å². The van der Waals surface area contributed by atoms with Gasteiger partial charge in [-0.3, -0.25) is 0 Å². The Morgan fingerprint density at radius 1 is 1.09 bits per heavy atom. The molecule has 3 N–H and O–H groups in total. The van der Waals surface area contributed by atoms with Crippen molar-refractivity contribution >= 4 is 6.41 Å². The molecular formula is C18H38N3OY. The molecule has 0 aromatic rings. The van der Waals surface area contributed by atoms with Crippen molar-refractivity contribution in [2.24, 2.45) is 11.8 Å². The van der Waals surface area contributed by atoms with Crippen molar-refractivity contribution < 1.29 is 37.5 Å². The molecule has 134 valence electrons. The standard InChI is InChI=1S/C6H10NO.C6H11.C5H11N.CH4.H2N.Y/c1-6-2-3-7(4-6)5-8;1-2-4-6-5-3-1;1-5-2-3-6-4-5;;;/h6H,2-4H2,1H3;1H,2-6H2;5-6H,2-4H2,1H3;1H4;1H2;/q2*-1;;;-1;+3. The summed E-state index contributed by atoms with van der Waals surface area (Å²) in [6.45, 7) is 8.71. The van der Waals surface area contributed by atoms with E-state index in [-0.39, 0.29) is 46.3 Å². The number of rotatable bonds is 1. The van der Waals surface area contributed by atoms with E-state index >= 15 is 0 Å². The topological polar surface area (TPSA) is 65.8 Å². The van der Waals surface area contributed by atoms with Gasteiger partial charge >= 0.3 is 32.7 Å². The zero-order valence-electron chi connectivity index (χ0n) is 14.5. The number of nitrogens with one attached hydrogen (secondary N) is 1. The van der Waals surface area contributed by atoms with E-state index in [0.717, 1.165) is 25.4 Å². The summed E-state index contributed by atoms with van der Waals surface area (Å²) >= 11 is 0. The summed E-state index contributed by atoms with van der Waals surface area (Å²) in [6, 6.07) is 0. The van der Waals surface area contributed by atoms with Crippen LogP contribution in [0.2, 0.25) is 0 Å². The van der Waals surface area contributed by atoms with Gasteiger partial charge in [0.15, 0.2) is 0 Å². The maximum atomic E-state index is 9.95. The summed E-state index contributed by atoms with van der Waals surface area (Å²) < 4.78 is 0. The van der Waals surface area contributed by atoms with E-state index in [1.807, 2.05) is 6.41 Å². The molecule has 0 aromatic carbocycles. The molecule has 2 atom stereocenters. The van der Waals surface area contributed by atoms with Crippen molar-refractivity contribution in [2.75, 3.05) is 26.2 Å². The average molecular weight is 401 g/mol. The fraction of sp³-hybridized carbons (Fsp3) is 0.889. The summed E-state index contributed by atoms with van der Waals surface area (Å²) in [6.07, 6.45) is 13.9. The fourth-order valence-electron chi connectivity index (χ4n) is 2.72. The first-order chi connectivity index (χ1) is 9.72. The van der Waals surface area contributed by atoms with Crippen LogP contribution >= 0.6 is 0 Å². The molecule has 0 aromatic heterocycles. The molecule has 1 aliphatic carbocycles. The van der Waals surface area contributed by atoms with Crippen molar-refractivity contribution in [3.8, 4) is 0 Å². The predicted octanol–water partition coefficient (Wildman–Crippen LogP) is 4.52. The third-order valence-electron chi connectivity index (χ3n) is 4.18. The molecule has 3 fully saturated rings. The molecule has 2 unspecified atom stereocenters. The second kappa shape index (κ2) is 18.8.